The van der Waals surface area contributed by atoms with E-state index in [0.29, 0.717) is 31.9 Å². The zero-order valence-electron chi connectivity index (χ0n) is 13.7. The lowest BCUT2D eigenvalue weighted by atomic mass is 9.94. The summed E-state index contributed by atoms with van der Waals surface area (Å²) in [6.07, 6.45) is 3.40. The number of hydrogen-bond donors (Lipinski definition) is 0. The van der Waals surface area contributed by atoms with E-state index in [1.807, 2.05) is 13.1 Å². The molecule has 2 aliphatic heterocycles. The van der Waals surface area contributed by atoms with Crippen LogP contribution in [0.15, 0.2) is 24.4 Å². The van der Waals surface area contributed by atoms with Crippen molar-refractivity contribution in [3.63, 3.8) is 0 Å². The van der Waals surface area contributed by atoms with Crippen LogP contribution in [0.5, 0.6) is 5.75 Å². The van der Waals surface area contributed by atoms with Crippen molar-refractivity contribution in [2.24, 2.45) is 5.92 Å². The van der Waals surface area contributed by atoms with E-state index in [9.17, 15) is 9.18 Å². The third-order valence-electron chi connectivity index (χ3n) is 4.96. The SMILES string of the molecule is Cc1ncc2n1CCC(C(=O)N1CCOc3ccc(F)cc3C1)C2. The Balaban J connectivity index is 1.52. The van der Waals surface area contributed by atoms with Crippen LogP contribution in [0, 0.1) is 18.7 Å². The molecule has 1 aromatic carbocycles. The Kier molecular flexibility index (Phi) is 3.75. The molecule has 5 nitrogen and oxygen atoms in total. The maximum atomic E-state index is 13.5. The van der Waals surface area contributed by atoms with E-state index < -0.39 is 0 Å². The van der Waals surface area contributed by atoms with Gasteiger partial charge in [0, 0.05) is 42.9 Å². The number of rotatable bonds is 1. The second-order valence-electron chi connectivity index (χ2n) is 6.50. The molecule has 2 aromatic rings. The van der Waals surface area contributed by atoms with Crippen LogP contribution in [0.2, 0.25) is 0 Å². The van der Waals surface area contributed by atoms with Gasteiger partial charge in [-0.3, -0.25) is 4.79 Å². The van der Waals surface area contributed by atoms with E-state index in [2.05, 4.69) is 9.55 Å². The highest BCUT2D eigenvalue weighted by Gasteiger charge is 2.30. The van der Waals surface area contributed by atoms with Crippen molar-refractivity contribution >= 4 is 5.91 Å². The lowest BCUT2D eigenvalue weighted by molar-refractivity contribution is -0.137. The van der Waals surface area contributed by atoms with Crippen LogP contribution in [0.1, 0.15) is 23.5 Å². The third kappa shape index (κ3) is 2.66. The molecule has 6 heteroatoms. The number of aromatic nitrogens is 2. The number of benzene rings is 1. The van der Waals surface area contributed by atoms with E-state index in [1.165, 1.54) is 12.1 Å². The molecule has 24 heavy (non-hydrogen) atoms. The number of fused-ring (bicyclic) bond motifs is 2. The van der Waals surface area contributed by atoms with Crippen molar-refractivity contribution in [2.75, 3.05) is 13.2 Å². The van der Waals surface area contributed by atoms with Gasteiger partial charge in [0.25, 0.3) is 0 Å². The summed E-state index contributed by atoms with van der Waals surface area (Å²) in [5, 5.41) is 0. The van der Waals surface area contributed by atoms with Gasteiger partial charge >= 0.3 is 0 Å². The molecule has 3 heterocycles. The van der Waals surface area contributed by atoms with Crippen molar-refractivity contribution in [3.05, 3.63) is 47.3 Å². The zero-order valence-corrected chi connectivity index (χ0v) is 13.7. The summed E-state index contributed by atoms with van der Waals surface area (Å²) in [6.45, 7) is 4.19. The first-order valence-electron chi connectivity index (χ1n) is 8.33. The zero-order chi connectivity index (χ0) is 16.7. The molecule has 0 radical (unpaired) electrons. The van der Waals surface area contributed by atoms with Crippen molar-refractivity contribution in [3.8, 4) is 5.75 Å². The fraction of sp³-hybridized carbons (Fsp3) is 0.444. The Hall–Kier alpha value is -2.37. The third-order valence-corrected chi connectivity index (χ3v) is 4.96. The van der Waals surface area contributed by atoms with Gasteiger partial charge in [-0.25, -0.2) is 9.37 Å². The quantitative estimate of drug-likeness (QED) is 0.807. The summed E-state index contributed by atoms with van der Waals surface area (Å²) in [5.74, 6) is 1.46. The average Bonchev–Trinajstić information content (AvgIpc) is 2.82. The van der Waals surface area contributed by atoms with E-state index >= 15 is 0 Å². The Morgan fingerprint density at radius 1 is 1.38 bits per heavy atom. The fourth-order valence-corrected chi connectivity index (χ4v) is 3.64. The number of halogens is 1. The maximum Gasteiger partial charge on any atom is 0.226 e. The molecular weight excluding hydrogens is 309 g/mol. The van der Waals surface area contributed by atoms with Gasteiger partial charge in [0.15, 0.2) is 0 Å². The molecule has 1 atom stereocenters. The Bertz CT molecular complexity index is 787. The maximum absolute atomic E-state index is 13.5. The molecule has 0 spiro atoms. The van der Waals surface area contributed by atoms with Gasteiger partial charge in [-0.05, 0) is 31.5 Å². The Morgan fingerprint density at radius 3 is 3.12 bits per heavy atom. The van der Waals surface area contributed by atoms with Gasteiger partial charge < -0.3 is 14.2 Å². The molecule has 0 bridgehead atoms. The van der Waals surface area contributed by atoms with E-state index in [1.54, 1.807) is 11.0 Å². The van der Waals surface area contributed by atoms with Crippen LogP contribution in [-0.2, 0) is 24.3 Å². The molecule has 2 aliphatic rings. The van der Waals surface area contributed by atoms with Crippen molar-refractivity contribution in [2.45, 2.75) is 32.9 Å². The lowest BCUT2D eigenvalue weighted by Crippen LogP contribution is -2.40. The molecule has 1 aromatic heterocycles. The molecule has 0 fully saturated rings. The second-order valence-corrected chi connectivity index (χ2v) is 6.50. The minimum Gasteiger partial charge on any atom is -0.491 e. The topological polar surface area (TPSA) is 47.4 Å². The number of carbonyl (C=O) groups excluding carboxylic acids is 1. The second kappa shape index (κ2) is 5.92. The van der Waals surface area contributed by atoms with Crippen LogP contribution in [0.4, 0.5) is 4.39 Å². The van der Waals surface area contributed by atoms with Crippen molar-refractivity contribution in [1.29, 1.82) is 0 Å². The first-order chi connectivity index (χ1) is 11.6. The minimum absolute atomic E-state index is 0.0382. The standard InChI is InChI=1S/C18H20FN3O2/c1-12-20-10-16-9-13(4-5-22(12)16)18(23)21-6-7-24-17-3-2-15(19)8-14(17)11-21/h2-3,8,10,13H,4-7,9,11H2,1H3. The minimum atomic E-state index is -0.302. The molecule has 0 N–H and O–H groups in total. The number of carbonyl (C=O) groups is 1. The summed E-state index contributed by atoms with van der Waals surface area (Å²) < 4.78 is 21.3. The molecule has 4 rings (SSSR count). The Labute approximate surface area is 140 Å². The highest BCUT2D eigenvalue weighted by atomic mass is 19.1. The normalized spacial score (nSPS) is 19.9. The summed E-state index contributed by atoms with van der Waals surface area (Å²) in [7, 11) is 0. The number of amides is 1. The lowest BCUT2D eigenvalue weighted by Gasteiger charge is -2.29. The monoisotopic (exact) mass is 329 g/mol. The molecule has 0 aliphatic carbocycles. The number of nitrogens with zero attached hydrogens (tertiary/aromatic N) is 3. The molecule has 126 valence electrons. The van der Waals surface area contributed by atoms with Gasteiger partial charge in [-0.15, -0.1) is 0 Å². The molecule has 1 unspecified atom stereocenters. The van der Waals surface area contributed by atoms with Crippen molar-refractivity contribution in [1.82, 2.24) is 14.5 Å². The van der Waals surface area contributed by atoms with Gasteiger partial charge in [-0.2, -0.15) is 0 Å². The highest BCUT2D eigenvalue weighted by Crippen LogP contribution is 2.27. The van der Waals surface area contributed by atoms with Gasteiger partial charge in [-0.1, -0.05) is 0 Å². The number of hydrogen-bond acceptors (Lipinski definition) is 3. The first-order valence-corrected chi connectivity index (χ1v) is 8.33. The fourth-order valence-electron chi connectivity index (χ4n) is 3.64. The van der Waals surface area contributed by atoms with Crippen LogP contribution >= 0.6 is 0 Å². The van der Waals surface area contributed by atoms with Gasteiger partial charge in [0.1, 0.15) is 24.0 Å². The first kappa shape index (κ1) is 15.2. The smallest absolute Gasteiger partial charge is 0.226 e. The molecule has 0 saturated carbocycles. The average molecular weight is 329 g/mol. The van der Waals surface area contributed by atoms with Crippen LogP contribution in [0.25, 0.3) is 0 Å². The van der Waals surface area contributed by atoms with Crippen LogP contribution in [-0.4, -0.2) is 33.5 Å². The summed E-state index contributed by atoms with van der Waals surface area (Å²) >= 11 is 0. The largest absolute Gasteiger partial charge is 0.491 e. The summed E-state index contributed by atoms with van der Waals surface area (Å²) in [4.78, 5) is 19.1. The number of imidazole rings is 1. The predicted octanol–water partition coefficient (Wildman–Crippen LogP) is 2.31. The Morgan fingerprint density at radius 2 is 2.25 bits per heavy atom. The molecular formula is C18H20FN3O2. The highest BCUT2D eigenvalue weighted by molar-refractivity contribution is 5.79. The molecule has 1 amide bonds. The van der Waals surface area contributed by atoms with E-state index in [0.717, 1.165) is 30.0 Å². The van der Waals surface area contributed by atoms with E-state index in [-0.39, 0.29) is 17.6 Å². The van der Waals surface area contributed by atoms with Crippen molar-refractivity contribution < 1.29 is 13.9 Å². The summed E-state index contributed by atoms with van der Waals surface area (Å²) in [6, 6.07) is 4.49. The summed E-state index contributed by atoms with van der Waals surface area (Å²) in [5.41, 5.74) is 1.85. The molecule has 0 saturated heterocycles. The number of aryl methyl sites for hydroxylation is 1. The van der Waals surface area contributed by atoms with Crippen LogP contribution in [0.3, 0.4) is 0 Å². The van der Waals surface area contributed by atoms with Crippen LogP contribution < -0.4 is 4.74 Å². The van der Waals surface area contributed by atoms with E-state index in [4.69, 9.17) is 4.74 Å². The van der Waals surface area contributed by atoms with Gasteiger partial charge in [0.2, 0.25) is 5.91 Å². The van der Waals surface area contributed by atoms with Gasteiger partial charge in [0.05, 0.1) is 6.54 Å². The number of ether oxygens (including phenoxy) is 1. The predicted molar refractivity (Wildman–Crippen MR) is 86.1 cm³/mol.